The molecule has 0 bridgehead atoms. The first-order valence-electron chi connectivity index (χ1n) is 7.70. The second-order valence-corrected chi connectivity index (χ2v) is 6.61. The number of nitrogens with zero attached hydrogens (tertiary/aromatic N) is 2. The number of likely N-dealkylation sites (tertiary alicyclic amines) is 1. The number of β-amino-alcohol motifs (C(OH)–C–C–N with tert-alkyl or cyclic N) is 1. The van der Waals surface area contributed by atoms with Crippen molar-refractivity contribution >= 4 is 11.9 Å². The Bertz CT molecular complexity index is 544. The summed E-state index contributed by atoms with van der Waals surface area (Å²) in [6.45, 7) is 5.19. The number of hydrogen-bond donors (Lipinski definition) is 3. The standard InChI is InChI=1S/C15H22N2O5/c1-7-10(6-16-4-3-9(19)5-16)13(15(21)22)17-12(7)11(8(2)18)14(17)20/h7-9,11-12,18-19H,3-6H2,1-2H3,(H,21,22)/t7-,8?,9?,11?,12?/m0/s1. The molecule has 0 aromatic carbocycles. The maximum atomic E-state index is 12.2. The Morgan fingerprint density at radius 3 is 2.64 bits per heavy atom. The third-order valence-corrected chi connectivity index (χ3v) is 5.16. The molecule has 0 radical (unpaired) electrons. The molecule has 3 aliphatic heterocycles. The summed E-state index contributed by atoms with van der Waals surface area (Å²) in [5, 5.41) is 28.9. The van der Waals surface area contributed by atoms with Crippen LogP contribution in [0.1, 0.15) is 20.3 Å². The Kier molecular flexibility index (Phi) is 3.74. The van der Waals surface area contributed by atoms with Crippen LogP contribution in [0, 0.1) is 11.8 Å². The predicted molar refractivity (Wildman–Crippen MR) is 76.7 cm³/mol. The lowest BCUT2D eigenvalue weighted by Crippen LogP contribution is -2.63. The summed E-state index contributed by atoms with van der Waals surface area (Å²) in [5.41, 5.74) is 0.795. The maximum Gasteiger partial charge on any atom is 0.352 e. The van der Waals surface area contributed by atoms with E-state index in [0.29, 0.717) is 19.5 Å². The van der Waals surface area contributed by atoms with Gasteiger partial charge in [-0.05, 0) is 18.9 Å². The summed E-state index contributed by atoms with van der Waals surface area (Å²) in [6, 6.07) is -0.263. The van der Waals surface area contributed by atoms with Crippen molar-refractivity contribution in [2.24, 2.45) is 11.8 Å². The molecule has 7 heteroatoms. The Hall–Kier alpha value is -1.44. The van der Waals surface area contributed by atoms with Gasteiger partial charge in [-0.1, -0.05) is 6.92 Å². The van der Waals surface area contributed by atoms with E-state index in [1.807, 2.05) is 11.8 Å². The Morgan fingerprint density at radius 1 is 1.45 bits per heavy atom. The molecule has 3 rings (SSSR count). The Labute approximate surface area is 128 Å². The lowest BCUT2D eigenvalue weighted by atomic mass is 9.77. The average Bonchev–Trinajstić information content (AvgIpc) is 2.92. The molecule has 1 amide bonds. The van der Waals surface area contributed by atoms with Crippen LogP contribution in [0.25, 0.3) is 0 Å². The number of aliphatic hydroxyl groups excluding tert-OH is 2. The number of aliphatic carboxylic acids is 1. The van der Waals surface area contributed by atoms with Gasteiger partial charge in [-0.25, -0.2) is 4.79 Å². The third kappa shape index (κ3) is 2.15. The molecule has 2 fully saturated rings. The van der Waals surface area contributed by atoms with Gasteiger partial charge in [-0.2, -0.15) is 0 Å². The lowest BCUT2D eigenvalue weighted by molar-refractivity contribution is -0.163. The van der Waals surface area contributed by atoms with Crippen molar-refractivity contribution in [2.45, 2.75) is 38.5 Å². The van der Waals surface area contributed by atoms with Crippen LogP contribution in [0.4, 0.5) is 0 Å². The maximum absolute atomic E-state index is 12.2. The average molecular weight is 310 g/mol. The van der Waals surface area contributed by atoms with Gasteiger partial charge in [0.1, 0.15) is 5.70 Å². The van der Waals surface area contributed by atoms with Crippen molar-refractivity contribution in [1.29, 1.82) is 0 Å². The smallest absolute Gasteiger partial charge is 0.352 e. The molecule has 3 heterocycles. The fourth-order valence-electron chi connectivity index (χ4n) is 4.05. The number of aliphatic hydroxyl groups is 2. The molecule has 3 N–H and O–H groups in total. The quantitative estimate of drug-likeness (QED) is 0.591. The molecule has 0 aromatic rings. The molecular weight excluding hydrogens is 288 g/mol. The number of carboxylic acids is 1. The number of carboxylic acid groups (broad SMARTS) is 1. The third-order valence-electron chi connectivity index (χ3n) is 5.16. The van der Waals surface area contributed by atoms with Crippen LogP contribution in [0.15, 0.2) is 11.3 Å². The van der Waals surface area contributed by atoms with E-state index in [0.717, 1.165) is 12.1 Å². The first-order chi connectivity index (χ1) is 10.3. The molecule has 2 saturated heterocycles. The van der Waals surface area contributed by atoms with Crippen LogP contribution in [0.3, 0.4) is 0 Å². The topological polar surface area (TPSA) is 101 Å². The van der Waals surface area contributed by atoms with E-state index < -0.39 is 18.0 Å². The van der Waals surface area contributed by atoms with E-state index in [9.17, 15) is 24.9 Å². The zero-order chi connectivity index (χ0) is 16.2. The first kappa shape index (κ1) is 15.5. The minimum Gasteiger partial charge on any atom is -0.477 e. The molecule has 0 aliphatic carbocycles. The van der Waals surface area contributed by atoms with Gasteiger partial charge in [0.15, 0.2) is 0 Å². The molecular formula is C15H22N2O5. The van der Waals surface area contributed by atoms with E-state index in [1.54, 1.807) is 6.92 Å². The van der Waals surface area contributed by atoms with Crippen molar-refractivity contribution in [1.82, 2.24) is 9.80 Å². The van der Waals surface area contributed by atoms with Crippen molar-refractivity contribution in [3.63, 3.8) is 0 Å². The number of β-lactam (4-membered cyclic amide) rings is 1. The van der Waals surface area contributed by atoms with Gasteiger partial charge in [0, 0.05) is 25.6 Å². The fraction of sp³-hybridized carbons (Fsp3) is 0.733. The van der Waals surface area contributed by atoms with Crippen molar-refractivity contribution < 1.29 is 24.9 Å². The van der Waals surface area contributed by atoms with Crippen molar-refractivity contribution in [3.8, 4) is 0 Å². The largest absolute Gasteiger partial charge is 0.477 e. The van der Waals surface area contributed by atoms with Gasteiger partial charge < -0.3 is 20.2 Å². The number of carbonyl (C=O) groups is 2. The molecule has 0 aromatic heterocycles. The second kappa shape index (κ2) is 5.33. The van der Waals surface area contributed by atoms with E-state index in [-0.39, 0.29) is 29.7 Å². The van der Waals surface area contributed by atoms with E-state index in [2.05, 4.69) is 0 Å². The van der Waals surface area contributed by atoms with E-state index in [4.69, 9.17) is 0 Å². The number of fused-ring (bicyclic) bond motifs is 1. The van der Waals surface area contributed by atoms with Gasteiger partial charge in [0.25, 0.3) is 0 Å². The molecule has 0 spiro atoms. The molecule has 22 heavy (non-hydrogen) atoms. The highest BCUT2D eigenvalue weighted by molar-refractivity contribution is 6.00. The van der Waals surface area contributed by atoms with Crippen LogP contribution in [-0.2, 0) is 9.59 Å². The summed E-state index contributed by atoms with van der Waals surface area (Å²) >= 11 is 0. The van der Waals surface area contributed by atoms with Crippen molar-refractivity contribution in [3.05, 3.63) is 11.3 Å². The molecule has 7 nitrogen and oxygen atoms in total. The van der Waals surface area contributed by atoms with Gasteiger partial charge in [0.2, 0.25) is 5.91 Å². The summed E-state index contributed by atoms with van der Waals surface area (Å²) in [7, 11) is 0. The number of amides is 1. The van der Waals surface area contributed by atoms with Gasteiger partial charge in [0.05, 0.1) is 24.2 Å². The van der Waals surface area contributed by atoms with Crippen LogP contribution in [0.5, 0.6) is 0 Å². The highest BCUT2D eigenvalue weighted by atomic mass is 16.4. The van der Waals surface area contributed by atoms with E-state index >= 15 is 0 Å². The Balaban J connectivity index is 1.87. The van der Waals surface area contributed by atoms with Crippen LogP contribution in [0.2, 0.25) is 0 Å². The van der Waals surface area contributed by atoms with Gasteiger partial charge in [-0.15, -0.1) is 0 Å². The monoisotopic (exact) mass is 310 g/mol. The number of rotatable bonds is 4. The molecule has 4 unspecified atom stereocenters. The Morgan fingerprint density at radius 2 is 2.14 bits per heavy atom. The summed E-state index contributed by atoms with van der Waals surface area (Å²) in [6.07, 6.45) is -0.458. The molecule has 3 aliphatic rings. The van der Waals surface area contributed by atoms with Gasteiger partial charge >= 0.3 is 5.97 Å². The molecule has 0 saturated carbocycles. The van der Waals surface area contributed by atoms with Crippen molar-refractivity contribution in [2.75, 3.05) is 19.6 Å². The molecule has 122 valence electrons. The van der Waals surface area contributed by atoms with Gasteiger partial charge in [-0.3, -0.25) is 9.69 Å². The lowest BCUT2D eigenvalue weighted by Gasteiger charge is -2.46. The summed E-state index contributed by atoms with van der Waals surface area (Å²) < 4.78 is 0. The van der Waals surface area contributed by atoms with E-state index in [1.165, 1.54) is 4.90 Å². The summed E-state index contributed by atoms with van der Waals surface area (Å²) in [5.74, 6) is -2.02. The molecule has 5 atom stereocenters. The first-order valence-corrected chi connectivity index (χ1v) is 7.70. The minimum absolute atomic E-state index is 0.0702. The zero-order valence-corrected chi connectivity index (χ0v) is 12.8. The normalized spacial score (nSPS) is 36.5. The fourth-order valence-corrected chi connectivity index (χ4v) is 4.05. The number of hydrogen-bond acceptors (Lipinski definition) is 5. The van der Waals surface area contributed by atoms with Crippen LogP contribution < -0.4 is 0 Å². The highest BCUT2D eigenvalue weighted by Crippen LogP contribution is 2.47. The second-order valence-electron chi connectivity index (χ2n) is 6.61. The minimum atomic E-state index is -1.10. The van der Waals surface area contributed by atoms with Crippen LogP contribution in [-0.4, -0.2) is 74.9 Å². The zero-order valence-electron chi connectivity index (χ0n) is 12.8. The SMILES string of the molecule is CC(O)C1C(=O)N2C(C(=O)O)=C(CN3CCC(O)C3)[C@H](C)C12. The summed E-state index contributed by atoms with van der Waals surface area (Å²) in [4.78, 5) is 27.2. The predicted octanol–water partition coefficient (Wildman–Crippen LogP) is -0.751. The number of carbonyl (C=O) groups excluding carboxylic acids is 1. The highest BCUT2D eigenvalue weighted by Gasteiger charge is 2.59. The van der Waals surface area contributed by atoms with Crippen LogP contribution >= 0.6 is 0 Å².